The van der Waals surface area contributed by atoms with Crippen LogP contribution in [0.2, 0.25) is 0 Å². The summed E-state index contributed by atoms with van der Waals surface area (Å²) < 4.78 is 71.7. The maximum atomic E-state index is 12.7. The van der Waals surface area contributed by atoms with Gasteiger partial charge in [-0.2, -0.15) is 9.14 Å². The SMILES string of the molecule is CC[N+]1=C(/C=C/C=C/C=C2\N(CCCCCC(=O)NCCNC(=O)CCOCCOCCOCCOCCOCCOCCOCCOCCOCCOCCOCCOCCNC(=O)CCCCC[n+]3c(-c4ccccc4)c4cc(N)ccc4c4ccc(N=[N+]=[N-])cc43)c3ccc(C)cc3C2(C)C)C(C)(C)c2cc(C)ccc21. The Labute approximate surface area is 674 Å². The number of nitrogens with two attached hydrogens (primary N) is 1. The number of fused-ring (bicyclic) bond motifs is 5. The van der Waals surface area contributed by atoms with E-state index in [1.807, 2.05) is 54.6 Å². The van der Waals surface area contributed by atoms with Gasteiger partial charge in [-0.05, 0) is 120 Å². The molecule has 620 valence electrons. The second-order valence-corrected chi connectivity index (χ2v) is 29.2. The Balaban J connectivity index is 0.502. The second-order valence-electron chi connectivity index (χ2n) is 29.2. The summed E-state index contributed by atoms with van der Waals surface area (Å²) in [6.07, 6.45) is 17.3. The molecule has 5 N–H and O–H groups in total. The van der Waals surface area contributed by atoms with Crippen molar-refractivity contribution in [3.8, 4) is 11.3 Å². The van der Waals surface area contributed by atoms with Gasteiger partial charge in [0.2, 0.25) is 34.6 Å². The van der Waals surface area contributed by atoms with Crippen LogP contribution in [-0.2, 0) is 88.6 Å². The summed E-state index contributed by atoms with van der Waals surface area (Å²) in [6, 6.07) is 35.5. The van der Waals surface area contributed by atoms with Crippen molar-refractivity contribution < 1.29 is 80.4 Å². The minimum atomic E-state index is -0.155. The number of aryl methyl sites for hydroxylation is 3. The van der Waals surface area contributed by atoms with Crippen molar-refractivity contribution >= 4 is 67.9 Å². The van der Waals surface area contributed by atoms with Crippen LogP contribution >= 0.6 is 0 Å². The average molecular weight is 1580 g/mol. The van der Waals surface area contributed by atoms with Crippen LogP contribution in [0.15, 0.2) is 144 Å². The predicted octanol–water partition coefficient (Wildman–Crippen LogP) is 13.0. The number of hydrogen-bond acceptors (Lipinski definition) is 18. The van der Waals surface area contributed by atoms with Gasteiger partial charge in [-0.25, -0.2) is 0 Å². The lowest BCUT2D eigenvalue weighted by Crippen LogP contribution is -2.37. The fraction of sp³-hybridized carbons (Fsp3) is 0.539. The molecular weight excluding hydrogens is 1450 g/mol. The lowest BCUT2D eigenvalue weighted by atomic mass is 9.81. The molecule has 8 rings (SSSR count). The first-order valence-electron chi connectivity index (χ1n) is 40.8. The number of hydrogen-bond donors (Lipinski definition) is 4. The average Bonchev–Trinajstić information content (AvgIpc) is 1.50. The quantitative estimate of drug-likeness (QED) is 0.00403. The molecule has 3 amide bonds. The lowest BCUT2D eigenvalue weighted by Gasteiger charge is -2.27. The highest BCUT2D eigenvalue weighted by Crippen LogP contribution is 2.48. The molecule has 0 aliphatic carbocycles. The maximum absolute atomic E-state index is 12.7. The molecular formula is C89H126N10O15+2. The van der Waals surface area contributed by atoms with Crippen molar-refractivity contribution in [1.82, 2.24) is 16.0 Å². The van der Waals surface area contributed by atoms with Gasteiger partial charge in [0.1, 0.15) is 13.1 Å². The van der Waals surface area contributed by atoms with E-state index in [-0.39, 0.29) is 41.6 Å². The zero-order valence-corrected chi connectivity index (χ0v) is 68.7. The zero-order chi connectivity index (χ0) is 80.9. The van der Waals surface area contributed by atoms with E-state index in [2.05, 4.69) is 167 Å². The number of carbonyl (C=O) groups excluding carboxylic acids is 3. The number of amides is 3. The first-order valence-corrected chi connectivity index (χ1v) is 40.8. The van der Waals surface area contributed by atoms with E-state index in [1.54, 1.807) is 0 Å². The number of benzene rings is 5. The number of unbranched alkanes of at least 4 members (excludes halogenated alkanes) is 4. The number of azide groups is 1. The second kappa shape index (κ2) is 51.5. The monoisotopic (exact) mass is 1570 g/mol. The number of nitrogens with one attached hydrogen (secondary N) is 3. The molecule has 0 atom stereocenters. The van der Waals surface area contributed by atoms with Gasteiger partial charge in [-0.3, -0.25) is 14.4 Å². The fourth-order valence-corrected chi connectivity index (χ4v) is 14.1. The fourth-order valence-electron chi connectivity index (χ4n) is 14.1. The van der Waals surface area contributed by atoms with Crippen LogP contribution in [0.5, 0.6) is 0 Å². The first kappa shape index (κ1) is 91.0. The van der Waals surface area contributed by atoms with Gasteiger partial charge in [0.15, 0.2) is 5.71 Å². The van der Waals surface area contributed by atoms with Crippen LogP contribution in [-0.4, -0.2) is 219 Å². The Bertz CT molecular complexity index is 4100. The van der Waals surface area contributed by atoms with Crippen LogP contribution < -0.4 is 31.2 Å². The summed E-state index contributed by atoms with van der Waals surface area (Å²) in [5.74, 6) is -0.139. The first-order chi connectivity index (χ1) is 55.6. The molecule has 25 nitrogen and oxygen atoms in total. The third kappa shape index (κ3) is 30.3. The van der Waals surface area contributed by atoms with Crippen molar-refractivity contribution in [3.05, 3.63) is 172 Å². The molecule has 0 radical (unpaired) electrons. The van der Waals surface area contributed by atoms with Crippen LogP contribution in [0.4, 0.5) is 22.7 Å². The van der Waals surface area contributed by atoms with Crippen LogP contribution in [0, 0.1) is 13.8 Å². The third-order valence-corrected chi connectivity index (χ3v) is 20.0. The van der Waals surface area contributed by atoms with Crippen LogP contribution in [0.25, 0.3) is 43.4 Å². The van der Waals surface area contributed by atoms with E-state index < -0.39 is 0 Å². The van der Waals surface area contributed by atoms with E-state index in [9.17, 15) is 19.9 Å². The summed E-state index contributed by atoms with van der Waals surface area (Å²) in [4.78, 5) is 43.2. The van der Waals surface area contributed by atoms with E-state index >= 15 is 0 Å². The summed E-state index contributed by atoms with van der Waals surface area (Å²) in [5.41, 5.74) is 30.0. The molecule has 5 aromatic carbocycles. The number of ether oxygens (including phenoxy) is 12. The smallest absolute Gasteiger partial charge is 0.222 e. The minimum Gasteiger partial charge on any atom is -0.399 e. The normalized spacial score (nSPS) is 14.0. The highest BCUT2D eigenvalue weighted by Gasteiger charge is 2.44. The third-order valence-electron chi connectivity index (χ3n) is 20.0. The standard InChI is InChI=1S/C89H124N10O15/c1-8-97-79-33-27-69(2)65-77(79)88(4,5)82(97)23-15-10-16-24-83-89(6,7)78-66-70(3)28-34-80(78)98(83)39-19-11-17-25-84(100)92-36-37-93-86(102)35-41-103-43-45-105-47-49-107-51-53-109-55-57-111-59-61-113-63-64-114-62-60-112-58-56-110-54-52-108-50-48-106-46-44-104-42-38-94-85(101)26-18-12-20-40-99-81-68-73(95-96-91)30-32-75(81)74-31-29-72(90)67-76(74)87(99)71-21-13-9-14-22-71/h9-10,13-16,21-24,27-34,65-68H,8,11-12,17-20,25-26,35-64,90H2,1-7H3,(H-2,92,93,94,100,101,102)/p+2. The molecule has 0 saturated carbocycles. The van der Waals surface area contributed by atoms with Crippen LogP contribution in [0.1, 0.15) is 115 Å². The van der Waals surface area contributed by atoms with Gasteiger partial charge in [0.25, 0.3) is 0 Å². The molecule has 1 aromatic heterocycles. The molecule has 114 heavy (non-hydrogen) atoms. The number of nitrogen functional groups attached to an aromatic ring is 1. The van der Waals surface area contributed by atoms with Crippen molar-refractivity contribution in [2.24, 2.45) is 5.11 Å². The van der Waals surface area contributed by atoms with Crippen molar-refractivity contribution in [3.63, 3.8) is 0 Å². The topological polar surface area (TPSA) is 283 Å². The molecule has 6 aromatic rings. The van der Waals surface area contributed by atoms with E-state index in [1.165, 1.54) is 45.0 Å². The largest absolute Gasteiger partial charge is 0.399 e. The van der Waals surface area contributed by atoms with Gasteiger partial charge >= 0.3 is 0 Å². The number of aromatic nitrogens is 1. The lowest BCUT2D eigenvalue weighted by molar-refractivity contribution is -0.659. The molecule has 25 heteroatoms. The Morgan fingerprint density at radius 1 is 0.491 bits per heavy atom. The molecule has 0 spiro atoms. The van der Waals surface area contributed by atoms with Gasteiger partial charge in [0, 0.05) is 120 Å². The minimum absolute atomic E-state index is 0.00491. The Hall–Kier alpha value is -8.50. The number of carbonyl (C=O) groups is 3. The van der Waals surface area contributed by atoms with Gasteiger partial charge < -0.3 is 83.4 Å². The maximum Gasteiger partial charge on any atom is 0.222 e. The number of anilines is 2. The van der Waals surface area contributed by atoms with E-state index in [0.717, 1.165) is 84.5 Å². The summed E-state index contributed by atoms with van der Waals surface area (Å²) in [7, 11) is 0. The summed E-state index contributed by atoms with van der Waals surface area (Å²) >= 11 is 0. The Morgan fingerprint density at radius 2 is 0.982 bits per heavy atom. The Morgan fingerprint density at radius 3 is 1.53 bits per heavy atom. The molecule has 0 saturated heterocycles. The highest BCUT2D eigenvalue weighted by molar-refractivity contribution is 6.10. The number of allylic oxidation sites excluding steroid dienone is 6. The summed E-state index contributed by atoms with van der Waals surface area (Å²) in [5, 5.41) is 15.8. The van der Waals surface area contributed by atoms with Crippen molar-refractivity contribution in [2.45, 2.75) is 124 Å². The number of rotatable bonds is 60. The molecule has 2 aliphatic rings. The Kier molecular flexibility index (Phi) is 41.1. The van der Waals surface area contributed by atoms with Gasteiger partial charge in [-0.15, -0.1) is 0 Å². The highest BCUT2D eigenvalue weighted by atomic mass is 16.6. The predicted molar refractivity (Wildman–Crippen MR) is 448 cm³/mol. The molecule has 3 heterocycles. The van der Waals surface area contributed by atoms with Crippen LogP contribution in [0.3, 0.4) is 0 Å². The molecule has 0 unspecified atom stereocenters. The number of pyridine rings is 1. The molecule has 0 bridgehead atoms. The van der Waals surface area contributed by atoms with Crippen molar-refractivity contribution in [2.75, 3.05) is 202 Å². The summed E-state index contributed by atoms with van der Waals surface area (Å²) in [6.45, 7) is 29.9. The number of nitrogens with zero attached hydrogens (tertiary/aromatic N) is 6. The van der Waals surface area contributed by atoms with Gasteiger partial charge in [0.05, 0.1) is 175 Å². The molecule has 0 fully saturated rings. The van der Waals surface area contributed by atoms with Gasteiger partial charge in [-0.1, -0.05) is 103 Å². The van der Waals surface area contributed by atoms with E-state index in [0.29, 0.717) is 202 Å². The molecule has 2 aliphatic heterocycles. The van der Waals surface area contributed by atoms with E-state index in [4.69, 9.17) is 62.6 Å². The zero-order valence-electron chi connectivity index (χ0n) is 68.7. The van der Waals surface area contributed by atoms with Crippen molar-refractivity contribution in [1.29, 1.82) is 0 Å².